The summed E-state index contributed by atoms with van der Waals surface area (Å²) >= 11 is 0. The van der Waals surface area contributed by atoms with Crippen LogP contribution in [0.5, 0.6) is 0 Å². The van der Waals surface area contributed by atoms with E-state index in [0.717, 1.165) is 12.1 Å². The summed E-state index contributed by atoms with van der Waals surface area (Å²) in [5.74, 6) is -0.607. The third-order valence-electron chi connectivity index (χ3n) is 5.49. The summed E-state index contributed by atoms with van der Waals surface area (Å²) in [6.07, 6.45) is -3.85. The Morgan fingerprint density at radius 1 is 1.05 bits per heavy atom. The lowest BCUT2D eigenvalue weighted by Gasteiger charge is -2.25. The molecule has 0 saturated carbocycles. The van der Waals surface area contributed by atoms with Crippen molar-refractivity contribution >= 4 is 23.4 Å². The molecule has 38 heavy (non-hydrogen) atoms. The molecule has 0 saturated heterocycles. The molecule has 3 aromatic rings. The normalized spacial score (nSPS) is 12.5. The standard InChI is InChI=1S/C27H29F3N4O4/c1-16(18-11-19(27(28,29)30)13-20(31)12-18)32-24(36)17-9-10-23(35)34(15-17)22-8-6-7-21(14-22)33(5)25(37)38-26(2,3)4/h6-16H,31H2,1-5H3,(H,32,36)/t16-/m1/s1. The number of aromatic nitrogens is 1. The van der Waals surface area contributed by atoms with Gasteiger partial charge < -0.3 is 15.8 Å². The topological polar surface area (TPSA) is 107 Å². The zero-order chi connectivity index (χ0) is 28.4. The molecule has 2 aromatic carbocycles. The van der Waals surface area contributed by atoms with E-state index in [1.54, 1.807) is 45.0 Å². The molecule has 0 radical (unpaired) electrons. The number of pyridine rings is 1. The summed E-state index contributed by atoms with van der Waals surface area (Å²) in [7, 11) is 1.53. The fourth-order valence-electron chi connectivity index (χ4n) is 3.56. The molecule has 1 atom stereocenters. The molecule has 3 N–H and O–H groups in total. The molecule has 0 spiro atoms. The summed E-state index contributed by atoms with van der Waals surface area (Å²) in [5.41, 5.74) is 4.62. The molecular weight excluding hydrogens is 501 g/mol. The number of nitrogens with one attached hydrogen (secondary N) is 1. The van der Waals surface area contributed by atoms with E-state index in [2.05, 4.69) is 5.32 Å². The second-order valence-corrected chi connectivity index (χ2v) is 9.77. The summed E-state index contributed by atoms with van der Waals surface area (Å²) in [5, 5.41) is 2.64. The van der Waals surface area contributed by atoms with Crippen molar-refractivity contribution < 1.29 is 27.5 Å². The first-order chi connectivity index (χ1) is 17.5. The molecule has 0 aliphatic heterocycles. The van der Waals surface area contributed by atoms with Crippen molar-refractivity contribution in [2.75, 3.05) is 17.7 Å². The number of halogens is 3. The lowest BCUT2D eigenvalue weighted by atomic mass is 10.0. The molecule has 0 aliphatic carbocycles. The Balaban J connectivity index is 1.86. The number of ether oxygens (including phenoxy) is 1. The highest BCUT2D eigenvalue weighted by Crippen LogP contribution is 2.32. The minimum atomic E-state index is -4.59. The van der Waals surface area contributed by atoms with E-state index in [4.69, 9.17) is 10.5 Å². The number of carbonyl (C=O) groups is 2. The molecule has 202 valence electrons. The predicted molar refractivity (Wildman–Crippen MR) is 138 cm³/mol. The largest absolute Gasteiger partial charge is 0.443 e. The first kappa shape index (κ1) is 28.3. The van der Waals surface area contributed by atoms with Gasteiger partial charge in [0.1, 0.15) is 5.60 Å². The number of benzene rings is 2. The third-order valence-corrected chi connectivity index (χ3v) is 5.49. The van der Waals surface area contributed by atoms with E-state index in [1.165, 1.54) is 47.8 Å². The lowest BCUT2D eigenvalue weighted by Crippen LogP contribution is -2.34. The predicted octanol–water partition coefficient (Wildman–Crippen LogP) is 5.30. The van der Waals surface area contributed by atoms with Gasteiger partial charge >= 0.3 is 12.3 Å². The van der Waals surface area contributed by atoms with Gasteiger partial charge in [0.15, 0.2) is 0 Å². The maximum Gasteiger partial charge on any atom is 0.416 e. The number of anilines is 2. The zero-order valence-corrected chi connectivity index (χ0v) is 21.6. The Hall–Kier alpha value is -4.28. The number of nitrogens with zero attached hydrogens (tertiary/aromatic N) is 2. The molecular formula is C27H29F3N4O4. The number of amides is 2. The van der Waals surface area contributed by atoms with Crippen molar-refractivity contribution in [3.8, 4) is 5.69 Å². The van der Waals surface area contributed by atoms with E-state index < -0.39 is 40.9 Å². The Bertz CT molecular complexity index is 1410. The first-order valence-electron chi connectivity index (χ1n) is 11.6. The average molecular weight is 531 g/mol. The van der Waals surface area contributed by atoms with Crippen LogP contribution in [0.1, 0.15) is 55.2 Å². The van der Waals surface area contributed by atoms with Crippen LogP contribution in [0.4, 0.5) is 29.3 Å². The fourth-order valence-corrected chi connectivity index (χ4v) is 3.56. The number of carbonyl (C=O) groups excluding carboxylic acids is 2. The van der Waals surface area contributed by atoms with Gasteiger partial charge in [-0.15, -0.1) is 0 Å². The van der Waals surface area contributed by atoms with Crippen molar-refractivity contribution in [2.45, 2.75) is 45.5 Å². The Kier molecular flexibility index (Phi) is 7.90. The van der Waals surface area contributed by atoms with Crippen LogP contribution < -0.4 is 21.5 Å². The number of alkyl halides is 3. The quantitative estimate of drug-likeness (QED) is 0.436. The number of nitrogen functional groups attached to an aromatic ring is 1. The highest BCUT2D eigenvalue weighted by molar-refractivity contribution is 5.94. The third kappa shape index (κ3) is 6.93. The van der Waals surface area contributed by atoms with Gasteiger partial charge in [-0.2, -0.15) is 13.2 Å². The number of rotatable bonds is 5. The Labute approximate surface area is 217 Å². The van der Waals surface area contributed by atoms with Crippen LogP contribution >= 0.6 is 0 Å². The molecule has 0 aliphatic rings. The SMILES string of the molecule is C[C@@H](NC(=O)c1ccc(=O)n(-c2cccc(N(C)C(=O)OC(C)(C)C)c2)c1)c1cc(N)cc(C(F)(F)F)c1. The Morgan fingerprint density at radius 2 is 1.74 bits per heavy atom. The summed E-state index contributed by atoms with van der Waals surface area (Å²) in [6, 6.07) is 11.3. The minimum absolute atomic E-state index is 0.0827. The van der Waals surface area contributed by atoms with Crippen LogP contribution in [0.2, 0.25) is 0 Å². The zero-order valence-electron chi connectivity index (χ0n) is 21.6. The summed E-state index contributed by atoms with van der Waals surface area (Å²) in [6.45, 7) is 6.76. The molecule has 2 amide bonds. The van der Waals surface area contributed by atoms with Crippen molar-refractivity contribution in [1.82, 2.24) is 9.88 Å². The van der Waals surface area contributed by atoms with Gasteiger partial charge in [-0.25, -0.2) is 4.79 Å². The second kappa shape index (κ2) is 10.6. The second-order valence-electron chi connectivity index (χ2n) is 9.77. The van der Waals surface area contributed by atoms with Crippen LogP contribution in [0.3, 0.4) is 0 Å². The molecule has 8 nitrogen and oxygen atoms in total. The van der Waals surface area contributed by atoms with Crippen molar-refractivity contribution in [3.63, 3.8) is 0 Å². The van der Waals surface area contributed by atoms with E-state index in [0.29, 0.717) is 11.4 Å². The number of hydrogen-bond acceptors (Lipinski definition) is 5. The smallest absolute Gasteiger partial charge is 0.416 e. The summed E-state index contributed by atoms with van der Waals surface area (Å²) in [4.78, 5) is 39.3. The van der Waals surface area contributed by atoms with Gasteiger partial charge in [0.25, 0.3) is 11.5 Å². The minimum Gasteiger partial charge on any atom is -0.443 e. The van der Waals surface area contributed by atoms with Crippen LogP contribution in [-0.4, -0.2) is 29.2 Å². The van der Waals surface area contributed by atoms with Gasteiger partial charge in [0.2, 0.25) is 0 Å². The van der Waals surface area contributed by atoms with Gasteiger partial charge in [-0.3, -0.25) is 19.1 Å². The van der Waals surface area contributed by atoms with Crippen molar-refractivity contribution in [1.29, 1.82) is 0 Å². The van der Waals surface area contributed by atoms with E-state index in [9.17, 15) is 27.6 Å². The molecule has 11 heteroatoms. The highest BCUT2D eigenvalue weighted by atomic mass is 19.4. The van der Waals surface area contributed by atoms with Crippen LogP contribution in [0, 0.1) is 0 Å². The van der Waals surface area contributed by atoms with Crippen molar-refractivity contribution in [3.05, 3.63) is 87.8 Å². The molecule has 0 fully saturated rings. The van der Waals surface area contributed by atoms with Gasteiger partial charge in [-0.05, 0) is 75.7 Å². The van der Waals surface area contributed by atoms with Crippen molar-refractivity contribution in [2.24, 2.45) is 0 Å². The van der Waals surface area contributed by atoms with Gasteiger partial charge in [0.05, 0.1) is 22.9 Å². The Morgan fingerprint density at radius 3 is 2.37 bits per heavy atom. The van der Waals surface area contributed by atoms with Crippen LogP contribution in [-0.2, 0) is 10.9 Å². The van der Waals surface area contributed by atoms with Gasteiger partial charge in [-0.1, -0.05) is 6.07 Å². The molecule has 1 aromatic heterocycles. The number of hydrogen-bond donors (Lipinski definition) is 2. The first-order valence-corrected chi connectivity index (χ1v) is 11.6. The van der Waals surface area contributed by atoms with E-state index >= 15 is 0 Å². The summed E-state index contributed by atoms with van der Waals surface area (Å²) < 4.78 is 46.1. The van der Waals surface area contributed by atoms with Crippen LogP contribution in [0.15, 0.2) is 65.6 Å². The molecule has 1 heterocycles. The number of nitrogens with two attached hydrogens (primary N) is 1. The fraction of sp³-hybridized carbons (Fsp3) is 0.296. The molecule has 3 rings (SSSR count). The molecule has 0 bridgehead atoms. The monoisotopic (exact) mass is 530 g/mol. The van der Waals surface area contributed by atoms with Gasteiger partial charge in [0, 0.05) is 30.7 Å². The maximum atomic E-state index is 13.2. The average Bonchev–Trinajstić information content (AvgIpc) is 2.81. The lowest BCUT2D eigenvalue weighted by molar-refractivity contribution is -0.137. The molecule has 0 unspecified atom stereocenters. The highest BCUT2D eigenvalue weighted by Gasteiger charge is 2.31. The van der Waals surface area contributed by atoms with E-state index in [-0.39, 0.29) is 16.8 Å². The van der Waals surface area contributed by atoms with Crippen LogP contribution in [0.25, 0.3) is 5.69 Å². The maximum absolute atomic E-state index is 13.2. The van der Waals surface area contributed by atoms with E-state index in [1.807, 2.05) is 0 Å².